The van der Waals surface area contributed by atoms with Gasteiger partial charge < -0.3 is 24.5 Å². The Morgan fingerprint density at radius 3 is 2.19 bits per heavy atom. The fraction of sp³-hybridized carbons (Fsp3) is 0.120. The van der Waals surface area contributed by atoms with Gasteiger partial charge >= 0.3 is 5.97 Å². The zero-order valence-corrected chi connectivity index (χ0v) is 17.1. The van der Waals surface area contributed by atoms with Crippen molar-refractivity contribution in [2.24, 2.45) is 0 Å². The van der Waals surface area contributed by atoms with Gasteiger partial charge in [-0.05, 0) is 5.56 Å². The Hall–Kier alpha value is -4.26. The number of fused-ring (bicyclic) bond motifs is 1. The van der Waals surface area contributed by atoms with E-state index in [0.29, 0.717) is 11.1 Å². The number of carbonyl (C=O) groups excluding carboxylic acids is 1. The Morgan fingerprint density at radius 1 is 0.938 bits per heavy atom. The normalized spacial score (nSPS) is 11.9. The van der Waals surface area contributed by atoms with E-state index in [0.717, 1.165) is 0 Å². The summed E-state index contributed by atoms with van der Waals surface area (Å²) in [5.74, 6) is -3.52. The van der Waals surface area contributed by atoms with Crippen LogP contribution >= 0.6 is 0 Å². The summed E-state index contributed by atoms with van der Waals surface area (Å²) in [5.41, 5.74) is 0.494. The van der Waals surface area contributed by atoms with Crippen molar-refractivity contribution in [3.8, 4) is 28.6 Å². The molecule has 4 rings (SSSR count). The van der Waals surface area contributed by atoms with Crippen LogP contribution < -0.4 is 5.43 Å². The van der Waals surface area contributed by atoms with E-state index < -0.39 is 34.6 Å². The zero-order chi connectivity index (χ0) is 22.8. The highest BCUT2D eigenvalue weighted by Gasteiger charge is 2.31. The molecule has 0 bridgehead atoms. The van der Waals surface area contributed by atoms with Crippen LogP contribution in [0.3, 0.4) is 0 Å². The molecule has 0 fully saturated rings. The van der Waals surface area contributed by atoms with Crippen molar-refractivity contribution in [2.45, 2.75) is 12.3 Å². The maximum atomic E-state index is 12.9. The minimum Gasteiger partial charge on any atom is -0.504 e. The Balaban J connectivity index is 2.09. The topological polar surface area (TPSA) is 117 Å². The van der Waals surface area contributed by atoms with Crippen molar-refractivity contribution in [1.29, 1.82) is 0 Å². The van der Waals surface area contributed by atoms with Crippen molar-refractivity contribution in [2.75, 3.05) is 7.11 Å². The third-order valence-corrected chi connectivity index (χ3v) is 5.34. The average molecular weight is 432 g/mol. The molecular formula is C25H20O7. The summed E-state index contributed by atoms with van der Waals surface area (Å²) in [4.78, 5) is 25.2. The fourth-order valence-electron chi connectivity index (χ4n) is 3.76. The Morgan fingerprint density at radius 2 is 1.56 bits per heavy atom. The molecule has 1 atom stereocenters. The third kappa shape index (κ3) is 3.65. The molecule has 0 saturated heterocycles. The number of hydrogen-bond donors (Lipinski definition) is 3. The van der Waals surface area contributed by atoms with Crippen LogP contribution in [0.15, 0.2) is 75.9 Å². The largest absolute Gasteiger partial charge is 0.504 e. The number of carbonyl (C=O) groups is 1. The van der Waals surface area contributed by atoms with Crippen LogP contribution in [0.25, 0.3) is 22.3 Å². The van der Waals surface area contributed by atoms with E-state index in [2.05, 4.69) is 0 Å². The van der Waals surface area contributed by atoms with Gasteiger partial charge in [0.15, 0.2) is 16.9 Å². The molecule has 7 heteroatoms. The number of phenolic OH excluding ortho intramolecular Hbond substituents is 3. The molecule has 0 aliphatic rings. The SMILES string of the molecule is COC(=O)C[C@@H](c1ccccc1)c1c(O)c(O)c(O)c2c(=O)cc(-c3ccccc3)oc12. The standard InChI is InChI=1S/C25H20O7/c1-31-19(27)12-16(14-8-4-2-5-9-14)20-22(28)24(30)23(29)21-17(26)13-18(32-25(20)21)15-10-6-3-7-11-15/h2-11,13,16,28-30H,12H2,1H3/t16-/m0/s1. The molecule has 1 aromatic heterocycles. The molecular weight excluding hydrogens is 412 g/mol. The molecule has 0 radical (unpaired) electrons. The number of phenols is 3. The lowest BCUT2D eigenvalue weighted by Crippen LogP contribution is -2.12. The maximum absolute atomic E-state index is 12.9. The Kier molecular flexibility index (Phi) is 5.55. The molecule has 0 saturated carbocycles. The molecule has 0 unspecified atom stereocenters. The van der Waals surface area contributed by atoms with Crippen molar-refractivity contribution < 1.29 is 29.3 Å². The van der Waals surface area contributed by atoms with Crippen LogP contribution in [0.1, 0.15) is 23.5 Å². The van der Waals surface area contributed by atoms with Crippen molar-refractivity contribution >= 4 is 16.9 Å². The summed E-state index contributed by atoms with van der Waals surface area (Å²) in [6.45, 7) is 0. The first kappa shape index (κ1) is 21.0. The van der Waals surface area contributed by atoms with Crippen LogP contribution in [0.4, 0.5) is 0 Å². The van der Waals surface area contributed by atoms with Gasteiger partial charge in [0.1, 0.15) is 16.7 Å². The molecule has 3 aromatic carbocycles. The van der Waals surface area contributed by atoms with Crippen molar-refractivity contribution in [3.63, 3.8) is 0 Å². The van der Waals surface area contributed by atoms with Crippen molar-refractivity contribution in [1.82, 2.24) is 0 Å². The van der Waals surface area contributed by atoms with Gasteiger partial charge in [0.25, 0.3) is 0 Å². The maximum Gasteiger partial charge on any atom is 0.306 e. The number of ether oxygens (including phenoxy) is 1. The minimum absolute atomic E-state index is 0.00165. The second-order valence-corrected chi connectivity index (χ2v) is 7.25. The number of benzene rings is 3. The molecule has 0 amide bonds. The van der Waals surface area contributed by atoms with Crippen LogP contribution in [-0.2, 0) is 9.53 Å². The first-order valence-corrected chi connectivity index (χ1v) is 9.84. The second kappa shape index (κ2) is 8.47. The van der Waals surface area contributed by atoms with E-state index in [1.54, 1.807) is 54.6 Å². The first-order valence-electron chi connectivity index (χ1n) is 9.84. The van der Waals surface area contributed by atoms with E-state index >= 15 is 0 Å². The molecule has 0 spiro atoms. The predicted octanol–water partition coefficient (Wildman–Crippen LogP) is 4.27. The van der Waals surface area contributed by atoms with Gasteiger partial charge in [-0.2, -0.15) is 0 Å². The molecule has 0 aliphatic carbocycles. The van der Waals surface area contributed by atoms with Gasteiger partial charge in [-0.3, -0.25) is 9.59 Å². The summed E-state index contributed by atoms with van der Waals surface area (Å²) in [5, 5.41) is 31.3. The molecule has 162 valence electrons. The van der Waals surface area contributed by atoms with E-state index in [-0.39, 0.29) is 28.7 Å². The summed E-state index contributed by atoms with van der Waals surface area (Å²) in [7, 11) is 1.24. The molecule has 32 heavy (non-hydrogen) atoms. The Labute approximate surface area is 182 Å². The first-order chi connectivity index (χ1) is 15.4. The summed E-state index contributed by atoms with van der Waals surface area (Å²) >= 11 is 0. The Bertz CT molecular complexity index is 1340. The van der Waals surface area contributed by atoms with E-state index in [9.17, 15) is 24.9 Å². The fourth-order valence-corrected chi connectivity index (χ4v) is 3.76. The lowest BCUT2D eigenvalue weighted by molar-refractivity contribution is -0.140. The van der Waals surface area contributed by atoms with Gasteiger partial charge in [0.2, 0.25) is 5.75 Å². The molecule has 0 aliphatic heterocycles. The number of rotatable bonds is 5. The predicted molar refractivity (Wildman–Crippen MR) is 118 cm³/mol. The number of methoxy groups -OCH3 is 1. The number of hydrogen-bond acceptors (Lipinski definition) is 7. The van der Waals surface area contributed by atoms with Gasteiger partial charge in [0.05, 0.1) is 13.5 Å². The molecule has 3 N–H and O–H groups in total. The highest BCUT2D eigenvalue weighted by molar-refractivity contribution is 5.93. The number of aromatic hydroxyl groups is 3. The lowest BCUT2D eigenvalue weighted by atomic mass is 9.86. The lowest BCUT2D eigenvalue weighted by Gasteiger charge is -2.21. The van der Waals surface area contributed by atoms with E-state index in [4.69, 9.17) is 9.15 Å². The van der Waals surface area contributed by atoms with Crippen LogP contribution in [0, 0.1) is 0 Å². The van der Waals surface area contributed by atoms with Crippen molar-refractivity contribution in [3.05, 3.63) is 88.1 Å². The second-order valence-electron chi connectivity index (χ2n) is 7.25. The molecule has 1 heterocycles. The molecule has 7 nitrogen and oxygen atoms in total. The van der Waals surface area contributed by atoms with Gasteiger partial charge in [0, 0.05) is 23.1 Å². The van der Waals surface area contributed by atoms with Gasteiger partial charge in [-0.1, -0.05) is 60.7 Å². The molecule has 4 aromatic rings. The van der Waals surface area contributed by atoms with E-state index in [1.807, 2.05) is 6.07 Å². The van der Waals surface area contributed by atoms with Gasteiger partial charge in [-0.25, -0.2) is 0 Å². The summed E-state index contributed by atoms with van der Waals surface area (Å²) in [6.07, 6.45) is -0.202. The highest BCUT2D eigenvalue weighted by Crippen LogP contribution is 2.49. The minimum atomic E-state index is -0.863. The monoisotopic (exact) mass is 432 g/mol. The van der Waals surface area contributed by atoms with Crippen LogP contribution in [0.2, 0.25) is 0 Å². The highest BCUT2D eigenvalue weighted by atomic mass is 16.5. The van der Waals surface area contributed by atoms with E-state index in [1.165, 1.54) is 13.2 Å². The smallest absolute Gasteiger partial charge is 0.306 e. The van der Waals surface area contributed by atoms with Crippen LogP contribution in [-0.4, -0.2) is 28.4 Å². The zero-order valence-electron chi connectivity index (χ0n) is 17.1. The third-order valence-electron chi connectivity index (χ3n) is 5.34. The summed E-state index contributed by atoms with van der Waals surface area (Å²) in [6, 6.07) is 18.8. The number of esters is 1. The van der Waals surface area contributed by atoms with Gasteiger partial charge in [-0.15, -0.1) is 0 Å². The van der Waals surface area contributed by atoms with Crippen LogP contribution in [0.5, 0.6) is 17.2 Å². The average Bonchev–Trinajstić information content (AvgIpc) is 2.82. The summed E-state index contributed by atoms with van der Waals surface area (Å²) < 4.78 is 10.8. The quantitative estimate of drug-likeness (QED) is 0.318.